The molecule has 0 rings (SSSR count). The Morgan fingerprint density at radius 2 is 2.33 bits per heavy atom. The van der Waals surface area contributed by atoms with E-state index in [9.17, 15) is 4.79 Å². The summed E-state index contributed by atoms with van der Waals surface area (Å²) in [6.07, 6.45) is 0. The van der Waals surface area contributed by atoms with Crippen LogP contribution in [0.25, 0.3) is 10.4 Å². The molecule has 0 aliphatic rings. The van der Waals surface area contributed by atoms with E-state index in [0.717, 1.165) is 0 Å². The minimum atomic E-state index is -0.569. The van der Waals surface area contributed by atoms with Gasteiger partial charge in [0.05, 0.1) is 12.6 Å². The third kappa shape index (κ3) is 4.54. The van der Waals surface area contributed by atoms with E-state index in [-0.39, 0.29) is 12.6 Å². The zero-order valence-corrected chi connectivity index (χ0v) is 7.19. The zero-order chi connectivity index (χ0) is 9.56. The van der Waals surface area contributed by atoms with Crippen molar-refractivity contribution in [3.8, 4) is 0 Å². The summed E-state index contributed by atoms with van der Waals surface area (Å²) in [5.41, 5.74) is 13.1. The van der Waals surface area contributed by atoms with E-state index in [1.165, 1.54) is 0 Å². The van der Waals surface area contributed by atoms with Crippen molar-refractivity contribution in [3.63, 3.8) is 0 Å². The van der Waals surface area contributed by atoms with Crippen LogP contribution in [0.5, 0.6) is 0 Å². The lowest BCUT2D eigenvalue weighted by Crippen LogP contribution is -2.46. The molecule has 0 aromatic rings. The Balaban J connectivity index is 4.04. The van der Waals surface area contributed by atoms with Gasteiger partial charge < -0.3 is 11.1 Å². The molecule has 1 atom stereocenters. The molecule has 0 bridgehead atoms. The van der Waals surface area contributed by atoms with E-state index in [2.05, 4.69) is 15.3 Å². The first-order valence-electron chi connectivity index (χ1n) is 3.64. The molecule has 0 aromatic carbocycles. The second-order valence-corrected chi connectivity index (χ2v) is 2.69. The summed E-state index contributed by atoms with van der Waals surface area (Å²) in [5, 5.41) is 6.14. The highest BCUT2D eigenvalue weighted by molar-refractivity contribution is 5.80. The van der Waals surface area contributed by atoms with Gasteiger partial charge in [-0.15, -0.1) is 0 Å². The number of carbonyl (C=O) groups is 1. The molecule has 0 fully saturated rings. The fraction of sp³-hybridized carbons (Fsp3) is 0.833. The molecule has 0 aliphatic carbocycles. The first kappa shape index (κ1) is 10.7. The first-order valence-corrected chi connectivity index (χ1v) is 3.64. The predicted octanol–water partition coefficient (Wildman–Crippen LogP) is 0.149. The van der Waals surface area contributed by atoms with E-state index in [1.807, 2.05) is 13.8 Å². The average molecular weight is 171 g/mol. The molecule has 1 unspecified atom stereocenters. The number of nitrogens with two attached hydrogens (primary N) is 1. The van der Waals surface area contributed by atoms with E-state index in [1.54, 1.807) is 0 Å². The smallest absolute Gasteiger partial charge is 0.234 e. The molecule has 0 saturated heterocycles. The van der Waals surface area contributed by atoms with Gasteiger partial charge in [-0.25, -0.2) is 0 Å². The quantitative estimate of drug-likeness (QED) is 0.349. The molecular formula is C6H13N5O. The Morgan fingerprint density at radius 3 is 2.67 bits per heavy atom. The number of nitrogens with one attached hydrogen (secondary N) is 1. The Kier molecular flexibility index (Phi) is 4.83. The maximum atomic E-state index is 10.7. The van der Waals surface area contributed by atoms with Crippen molar-refractivity contribution in [1.29, 1.82) is 0 Å². The highest BCUT2D eigenvalue weighted by Gasteiger charge is 2.13. The Morgan fingerprint density at radius 1 is 1.75 bits per heavy atom. The molecule has 0 spiro atoms. The molecule has 6 nitrogen and oxygen atoms in total. The van der Waals surface area contributed by atoms with Crippen LogP contribution < -0.4 is 11.1 Å². The SMILES string of the molecule is CC(C)NC(CN=[N+]=[N-])C(N)=O. The Labute approximate surface area is 70.7 Å². The molecule has 0 heterocycles. The van der Waals surface area contributed by atoms with E-state index in [4.69, 9.17) is 11.3 Å². The third-order valence-electron chi connectivity index (χ3n) is 1.21. The Hall–Kier alpha value is -1.26. The number of primary amides is 1. The molecule has 1 amide bonds. The number of carbonyl (C=O) groups excluding carboxylic acids is 1. The topological polar surface area (TPSA) is 104 Å². The predicted molar refractivity (Wildman–Crippen MR) is 45.3 cm³/mol. The second kappa shape index (κ2) is 5.40. The molecule has 6 heteroatoms. The van der Waals surface area contributed by atoms with Crippen LogP contribution in [0.1, 0.15) is 13.8 Å². The van der Waals surface area contributed by atoms with Crippen LogP contribution in [0, 0.1) is 0 Å². The first-order chi connectivity index (χ1) is 5.57. The van der Waals surface area contributed by atoms with Crippen molar-refractivity contribution in [3.05, 3.63) is 10.4 Å². The van der Waals surface area contributed by atoms with Gasteiger partial charge >= 0.3 is 0 Å². The van der Waals surface area contributed by atoms with Gasteiger partial charge in [-0.1, -0.05) is 19.0 Å². The summed E-state index contributed by atoms with van der Waals surface area (Å²) in [4.78, 5) is 13.3. The van der Waals surface area contributed by atoms with Crippen LogP contribution in [0.3, 0.4) is 0 Å². The summed E-state index contributed by atoms with van der Waals surface area (Å²) in [6, 6.07) is -0.433. The zero-order valence-electron chi connectivity index (χ0n) is 7.19. The molecule has 3 N–H and O–H groups in total. The maximum Gasteiger partial charge on any atom is 0.234 e. The van der Waals surface area contributed by atoms with Gasteiger partial charge in [-0.3, -0.25) is 4.79 Å². The molecular weight excluding hydrogens is 158 g/mol. The van der Waals surface area contributed by atoms with Gasteiger partial charge in [0.2, 0.25) is 5.91 Å². The van der Waals surface area contributed by atoms with E-state index >= 15 is 0 Å². The van der Waals surface area contributed by atoms with Crippen LogP contribution in [-0.2, 0) is 4.79 Å². The summed E-state index contributed by atoms with van der Waals surface area (Å²) in [6.45, 7) is 3.82. The largest absolute Gasteiger partial charge is 0.368 e. The third-order valence-corrected chi connectivity index (χ3v) is 1.21. The summed E-state index contributed by atoms with van der Waals surface area (Å²) >= 11 is 0. The highest BCUT2D eigenvalue weighted by Crippen LogP contribution is 1.88. The number of azide groups is 1. The number of hydrogen-bond acceptors (Lipinski definition) is 3. The summed E-state index contributed by atoms with van der Waals surface area (Å²) in [5.74, 6) is -0.504. The van der Waals surface area contributed by atoms with Gasteiger partial charge in [0, 0.05) is 11.0 Å². The highest BCUT2D eigenvalue weighted by atomic mass is 16.1. The normalized spacial score (nSPS) is 12.2. The lowest BCUT2D eigenvalue weighted by molar-refractivity contribution is -0.119. The summed E-state index contributed by atoms with van der Waals surface area (Å²) in [7, 11) is 0. The van der Waals surface area contributed by atoms with Crippen LogP contribution in [0.2, 0.25) is 0 Å². The van der Waals surface area contributed by atoms with Crippen molar-refractivity contribution in [1.82, 2.24) is 5.32 Å². The van der Waals surface area contributed by atoms with Crippen LogP contribution in [-0.4, -0.2) is 24.5 Å². The van der Waals surface area contributed by atoms with Crippen molar-refractivity contribution < 1.29 is 4.79 Å². The van der Waals surface area contributed by atoms with Crippen LogP contribution in [0.15, 0.2) is 5.11 Å². The van der Waals surface area contributed by atoms with Crippen LogP contribution in [0.4, 0.5) is 0 Å². The fourth-order valence-electron chi connectivity index (χ4n) is 0.745. The summed E-state index contributed by atoms with van der Waals surface area (Å²) < 4.78 is 0. The van der Waals surface area contributed by atoms with Gasteiger partial charge in [0.25, 0.3) is 0 Å². The van der Waals surface area contributed by atoms with Crippen molar-refractivity contribution in [2.45, 2.75) is 25.9 Å². The molecule has 68 valence electrons. The average Bonchev–Trinajstić information content (AvgIpc) is 1.96. The lowest BCUT2D eigenvalue weighted by atomic mass is 10.2. The van der Waals surface area contributed by atoms with Gasteiger partial charge in [0.15, 0.2) is 0 Å². The molecule has 0 saturated carbocycles. The standard InChI is InChI=1S/C6H13N5O/c1-4(2)10-5(6(7)12)3-9-11-8/h4-5,10H,3H2,1-2H3,(H2,7,12). The van der Waals surface area contributed by atoms with Gasteiger partial charge in [-0.2, -0.15) is 0 Å². The van der Waals surface area contributed by atoms with Gasteiger partial charge in [-0.05, 0) is 5.53 Å². The minimum absolute atomic E-state index is 0.0595. The van der Waals surface area contributed by atoms with Crippen molar-refractivity contribution >= 4 is 5.91 Å². The minimum Gasteiger partial charge on any atom is -0.368 e. The molecule has 0 aliphatic heterocycles. The number of rotatable bonds is 5. The fourth-order valence-corrected chi connectivity index (χ4v) is 0.745. The van der Waals surface area contributed by atoms with Crippen molar-refractivity contribution in [2.75, 3.05) is 6.54 Å². The van der Waals surface area contributed by atoms with E-state index in [0.29, 0.717) is 0 Å². The lowest BCUT2D eigenvalue weighted by Gasteiger charge is -2.15. The van der Waals surface area contributed by atoms with Crippen molar-refractivity contribution in [2.24, 2.45) is 10.8 Å². The van der Waals surface area contributed by atoms with Crippen LogP contribution >= 0.6 is 0 Å². The number of amides is 1. The second-order valence-electron chi connectivity index (χ2n) is 2.69. The number of nitrogens with zero attached hydrogens (tertiary/aromatic N) is 3. The molecule has 12 heavy (non-hydrogen) atoms. The Bertz CT molecular complexity index is 196. The van der Waals surface area contributed by atoms with Gasteiger partial charge in [0.1, 0.15) is 0 Å². The molecule has 0 aromatic heterocycles. The monoisotopic (exact) mass is 171 g/mol. The number of hydrogen-bond donors (Lipinski definition) is 2. The maximum absolute atomic E-state index is 10.7. The van der Waals surface area contributed by atoms with E-state index < -0.39 is 11.9 Å². The molecule has 0 radical (unpaired) electrons.